The van der Waals surface area contributed by atoms with E-state index in [2.05, 4.69) is 10.5 Å². The molecule has 0 unspecified atom stereocenters. The van der Waals surface area contributed by atoms with Gasteiger partial charge >= 0.3 is 0 Å². The van der Waals surface area contributed by atoms with Gasteiger partial charge in [0.1, 0.15) is 5.82 Å². The summed E-state index contributed by atoms with van der Waals surface area (Å²) in [6.07, 6.45) is 0.396. The first-order chi connectivity index (χ1) is 10.5. The number of amides is 1. The molecule has 22 heavy (non-hydrogen) atoms. The van der Waals surface area contributed by atoms with Crippen molar-refractivity contribution < 1.29 is 13.7 Å². The number of aromatic nitrogens is 1. The predicted molar refractivity (Wildman–Crippen MR) is 84.2 cm³/mol. The zero-order chi connectivity index (χ0) is 15.9. The molecule has 0 bridgehead atoms. The van der Waals surface area contributed by atoms with Crippen LogP contribution in [0.25, 0.3) is 0 Å². The third-order valence-corrected chi connectivity index (χ3v) is 4.05. The minimum atomic E-state index is -0.255. The van der Waals surface area contributed by atoms with Crippen LogP contribution in [0.2, 0.25) is 0 Å². The Morgan fingerprint density at radius 3 is 2.73 bits per heavy atom. The number of benzene rings is 1. The molecule has 1 N–H and O–H groups in total. The third-order valence-electron chi connectivity index (χ3n) is 3.04. The van der Waals surface area contributed by atoms with Crippen LogP contribution in [0.5, 0.6) is 0 Å². The summed E-state index contributed by atoms with van der Waals surface area (Å²) in [7, 11) is 0. The highest BCUT2D eigenvalue weighted by Gasteiger charge is 2.09. The maximum absolute atomic E-state index is 12.8. The van der Waals surface area contributed by atoms with Gasteiger partial charge < -0.3 is 9.84 Å². The highest BCUT2D eigenvalue weighted by molar-refractivity contribution is 7.99. The number of hydrogen-bond acceptors (Lipinski definition) is 4. The molecule has 1 aromatic heterocycles. The van der Waals surface area contributed by atoms with Gasteiger partial charge in [-0.2, -0.15) is 0 Å². The summed E-state index contributed by atoms with van der Waals surface area (Å²) in [4.78, 5) is 12.7. The fourth-order valence-corrected chi connectivity index (χ4v) is 2.60. The van der Waals surface area contributed by atoms with Gasteiger partial charge in [0.2, 0.25) is 5.91 Å². The average molecular weight is 322 g/mol. The molecule has 1 heterocycles. The molecule has 0 aliphatic rings. The van der Waals surface area contributed by atoms with Gasteiger partial charge in [-0.15, -0.1) is 11.8 Å². The molecular formula is C16H19FN2O2S. The topological polar surface area (TPSA) is 55.1 Å². The second kappa shape index (κ2) is 7.98. The Labute approximate surface area is 133 Å². The van der Waals surface area contributed by atoms with Crippen molar-refractivity contribution in [3.63, 3.8) is 0 Å². The Morgan fingerprint density at radius 1 is 1.36 bits per heavy atom. The first kappa shape index (κ1) is 16.5. The summed E-state index contributed by atoms with van der Waals surface area (Å²) in [6, 6.07) is 8.11. The molecule has 2 aromatic rings. The van der Waals surface area contributed by atoms with E-state index < -0.39 is 0 Å². The van der Waals surface area contributed by atoms with Crippen LogP contribution < -0.4 is 5.32 Å². The zero-order valence-corrected chi connectivity index (χ0v) is 13.5. The molecule has 0 atom stereocenters. The van der Waals surface area contributed by atoms with E-state index in [0.29, 0.717) is 30.4 Å². The van der Waals surface area contributed by atoms with Gasteiger partial charge in [0.25, 0.3) is 0 Å². The van der Waals surface area contributed by atoms with Gasteiger partial charge in [-0.3, -0.25) is 4.79 Å². The summed E-state index contributed by atoms with van der Waals surface area (Å²) in [6.45, 7) is 4.42. The predicted octanol–water partition coefficient (Wildman–Crippen LogP) is 3.74. The summed E-state index contributed by atoms with van der Waals surface area (Å²) in [5.41, 5.74) is 0.885. The lowest BCUT2D eigenvalue weighted by molar-refractivity contribution is -0.120. The Kier molecular flexibility index (Phi) is 6.00. The number of thioether (sulfide) groups is 1. The number of nitrogens with one attached hydrogen (secondary N) is 1. The maximum Gasteiger partial charge on any atom is 0.221 e. The number of carbonyl (C=O) groups is 1. The smallest absolute Gasteiger partial charge is 0.221 e. The summed E-state index contributed by atoms with van der Waals surface area (Å²) in [5.74, 6) is 1.31. The minimum absolute atomic E-state index is 0.0443. The average Bonchev–Trinajstić information content (AvgIpc) is 2.96. The minimum Gasteiger partial charge on any atom is -0.359 e. The molecule has 1 amide bonds. The van der Waals surface area contributed by atoms with E-state index in [0.717, 1.165) is 10.6 Å². The van der Waals surface area contributed by atoms with E-state index in [1.807, 2.05) is 19.9 Å². The Bertz CT molecular complexity index is 611. The largest absolute Gasteiger partial charge is 0.359 e. The first-order valence-electron chi connectivity index (χ1n) is 7.15. The second-order valence-electron chi connectivity index (χ2n) is 5.20. The Balaban J connectivity index is 1.68. The lowest BCUT2D eigenvalue weighted by Crippen LogP contribution is -2.22. The van der Waals surface area contributed by atoms with Crippen LogP contribution in [0.4, 0.5) is 4.39 Å². The molecule has 4 nitrogen and oxygen atoms in total. The number of rotatable bonds is 7. The second-order valence-corrected chi connectivity index (χ2v) is 6.37. The molecule has 0 saturated heterocycles. The maximum atomic E-state index is 12.8. The standard InChI is InChI=1S/C16H19FN2O2S/c1-11(2)15-9-13(21-19-15)10-18-16(20)7-8-22-14-5-3-12(17)4-6-14/h3-6,9,11H,7-8,10H2,1-2H3,(H,18,20). The Hall–Kier alpha value is -1.82. The molecule has 0 aliphatic heterocycles. The van der Waals surface area contributed by atoms with Gasteiger partial charge in [-0.25, -0.2) is 4.39 Å². The van der Waals surface area contributed by atoms with Crippen LogP contribution in [-0.2, 0) is 11.3 Å². The summed E-state index contributed by atoms with van der Waals surface area (Å²) < 4.78 is 17.9. The van der Waals surface area contributed by atoms with E-state index in [1.165, 1.54) is 23.9 Å². The first-order valence-corrected chi connectivity index (χ1v) is 8.13. The normalized spacial score (nSPS) is 10.9. The van der Waals surface area contributed by atoms with Gasteiger partial charge in [-0.05, 0) is 30.2 Å². The van der Waals surface area contributed by atoms with Gasteiger partial charge in [0.15, 0.2) is 5.76 Å². The summed E-state index contributed by atoms with van der Waals surface area (Å²) >= 11 is 1.52. The zero-order valence-electron chi connectivity index (χ0n) is 12.6. The molecule has 118 valence electrons. The van der Waals surface area contributed by atoms with Gasteiger partial charge in [0, 0.05) is 23.1 Å². The van der Waals surface area contributed by atoms with Crippen LogP contribution in [0.1, 0.15) is 37.6 Å². The molecule has 0 aliphatic carbocycles. The van der Waals surface area contributed by atoms with E-state index in [9.17, 15) is 9.18 Å². The fourth-order valence-electron chi connectivity index (χ4n) is 1.75. The fraction of sp³-hybridized carbons (Fsp3) is 0.375. The highest BCUT2D eigenvalue weighted by atomic mass is 32.2. The van der Waals surface area contributed by atoms with Crippen molar-refractivity contribution in [3.05, 3.63) is 47.6 Å². The van der Waals surface area contributed by atoms with Crippen molar-refractivity contribution in [2.24, 2.45) is 0 Å². The van der Waals surface area contributed by atoms with Crippen LogP contribution in [0.15, 0.2) is 39.8 Å². The van der Waals surface area contributed by atoms with E-state index in [1.54, 1.807) is 12.1 Å². The van der Waals surface area contributed by atoms with Crippen LogP contribution in [-0.4, -0.2) is 16.8 Å². The van der Waals surface area contributed by atoms with E-state index in [4.69, 9.17) is 4.52 Å². The summed E-state index contributed by atoms with van der Waals surface area (Å²) in [5, 5.41) is 6.74. The molecule has 2 rings (SSSR count). The van der Waals surface area contributed by atoms with Gasteiger partial charge in [-0.1, -0.05) is 19.0 Å². The lowest BCUT2D eigenvalue weighted by Gasteiger charge is -2.03. The van der Waals surface area contributed by atoms with E-state index >= 15 is 0 Å². The highest BCUT2D eigenvalue weighted by Crippen LogP contribution is 2.19. The van der Waals surface area contributed by atoms with Crippen molar-refractivity contribution in [2.75, 3.05) is 5.75 Å². The number of hydrogen-bond donors (Lipinski definition) is 1. The lowest BCUT2D eigenvalue weighted by atomic mass is 10.1. The quantitative estimate of drug-likeness (QED) is 0.789. The van der Waals surface area contributed by atoms with Crippen molar-refractivity contribution in [3.8, 4) is 0 Å². The van der Waals surface area contributed by atoms with Crippen LogP contribution in [0.3, 0.4) is 0 Å². The van der Waals surface area contributed by atoms with Crippen LogP contribution in [0, 0.1) is 5.82 Å². The van der Waals surface area contributed by atoms with Crippen molar-refractivity contribution >= 4 is 17.7 Å². The van der Waals surface area contributed by atoms with Crippen molar-refractivity contribution in [1.82, 2.24) is 10.5 Å². The van der Waals surface area contributed by atoms with E-state index in [-0.39, 0.29) is 11.7 Å². The SMILES string of the molecule is CC(C)c1cc(CNC(=O)CCSc2ccc(F)cc2)on1. The van der Waals surface area contributed by atoms with Crippen LogP contribution >= 0.6 is 11.8 Å². The molecule has 0 saturated carbocycles. The molecular weight excluding hydrogens is 303 g/mol. The molecule has 0 spiro atoms. The third kappa shape index (κ3) is 5.18. The van der Waals surface area contributed by atoms with Crippen molar-refractivity contribution in [2.45, 2.75) is 37.6 Å². The Morgan fingerprint density at radius 2 is 2.09 bits per heavy atom. The molecule has 0 fully saturated rings. The number of carbonyl (C=O) groups excluding carboxylic acids is 1. The monoisotopic (exact) mass is 322 g/mol. The molecule has 6 heteroatoms. The molecule has 0 radical (unpaired) electrons. The van der Waals surface area contributed by atoms with Crippen molar-refractivity contribution in [1.29, 1.82) is 0 Å². The number of halogens is 1. The number of nitrogens with zero attached hydrogens (tertiary/aromatic N) is 1. The van der Waals surface area contributed by atoms with Gasteiger partial charge in [0.05, 0.1) is 12.2 Å². The molecule has 1 aromatic carbocycles.